The van der Waals surface area contributed by atoms with E-state index in [1.54, 1.807) is 0 Å². The zero-order chi connectivity index (χ0) is 15.9. The molecule has 0 saturated heterocycles. The van der Waals surface area contributed by atoms with E-state index in [4.69, 9.17) is 10.5 Å². The van der Waals surface area contributed by atoms with E-state index >= 15 is 0 Å². The van der Waals surface area contributed by atoms with Crippen molar-refractivity contribution in [2.45, 2.75) is 32.7 Å². The van der Waals surface area contributed by atoms with Gasteiger partial charge < -0.3 is 15.8 Å². The Morgan fingerprint density at radius 1 is 1.36 bits per heavy atom. The highest BCUT2D eigenvalue weighted by atomic mass is 32.1. The van der Waals surface area contributed by atoms with Gasteiger partial charge in [0, 0.05) is 10.9 Å². The number of thiazole rings is 1. The summed E-state index contributed by atoms with van der Waals surface area (Å²) >= 11 is 1.39. The summed E-state index contributed by atoms with van der Waals surface area (Å²) < 4.78 is 5.42. The number of anilines is 1. The number of carbonyl (C=O) groups excluding carboxylic acids is 1. The number of carbonyl (C=O) groups is 1. The van der Waals surface area contributed by atoms with Gasteiger partial charge >= 0.3 is 0 Å². The van der Waals surface area contributed by atoms with Crippen LogP contribution < -0.4 is 15.8 Å². The molecule has 6 heteroatoms. The molecule has 0 radical (unpaired) electrons. The zero-order valence-corrected chi connectivity index (χ0v) is 13.7. The van der Waals surface area contributed by atoms with Crippen molar-refractivity contribution in [1.29, 1.82) is 0 Å². The summed E-state index contributed by atoms with van der Waals surface area (Å²) in [4.78, 5) is 16.3. The third-order valence-corrected chi connectivity index (χ3v) is 3.89. The molecule has 118 valence electrons. The Balaban J connectivity index is 2.03. The molecule has 1 aromatic heterocycles. The summed E-state index contributed by atoms with van der Waals surface area (Å²) in [6.07, 6.45) is 1.55. The zero-order valence-electron chi connectivity index (χ0n) is 12.8. The lowest BCUT2D eigenvalue weighted by molar-refractivity contribution is -0.117. The fraction of sp³-hybridized carbons (Fsp3) is 0.375. The second-order valence-electron chi connectivity index (χ2n) is 4.88. The Bertz CT molecular complexity index is 610. The lowest BCUT2D eigenvalue weighted by atomic mass is 10.2. The minimum absolute atomic E-state index is 0.186. The van der Waals surface area contributed by atoms with Crippen LogP contribution in [0, 0.1) is 0 Å². The van der Waals surface area contributed by atoms with Gasteiger partial charge in [0.15, 0.2) is 5.13 Å². The van der Waals surface area contributed by atoms with Crippen LogP contribution in [0.5, 0.6) is 5.75 Å². The fourth-order valence-corrected chi connectivity index (χ4v) is 2.72. The highest BCUT2D eigenvalue weighted by molar-refractivity contribution is 7.14. The van der Waals surface area contributed by atoms with Crippen LogP contribution in [0.4, 0.5) is 5.13 Å². The molecule has 0 aliphatic heterocycles. The SMILES string of the molecule is CCCC(N)C(=O)Nc1nc(-c2ccc(OCC)cc2)cs1. The lowest BCUT2D eigenvalue weighted by Crippen LogP contribution is -2.35. The molecule has 0 aliphatic rings. The first-order valence-corrected chi connectivity index (χ1v) is 8.27. The van der Waals surface area contributed by atoms with Gasteiger partial charge in [0.25, 0.3) is 0 Å². The summed E-state index contributed by atoms with van der Waals surface area (Å²) in [5, 5.41) is 5.25. The van der Waals surface area contributed by atoms with Crippen LogP contribution in [0.25, 0.3) is 11.3 Å². The van der Waals surface area contributed by atoms with Gasteiger partial charge in [-0.3, -0.25) is 4.79 Å². The van der Waals surface area contributed by atoms with Crippen molar-refractivity contribution in [3.05, 3.63) is 29.6 Å². The van der Waals surface area contributed by atoms with Crippen molar-refractivity contribution in [3.8, 4) is 17.0 Å². The van der Waals surface area contributed by atoms with Gasteiger partial charge in [-0.05, 0) is 37.6 Å². The topological polar surface area (TPSA) is 77.2 Å². The Labute approximate surface area is 134 Å². The lowest BCUT2D eigenvalue weighted by Gasteiger charge is -2.08. The second-order valence-corrected chi connectivity index (χ2v) is 5.74. The molecule has 3 N–H and O–H groups in total. The van der Waals surface area contributed by atoms with Crippen LogP contribution in [0.1, 0.15) is 26.7 Å². The standard InChI is InChI=1S/C16H21N3O2S/c1-3-5-13(17)15(20)19-16-18-14(10-22-16)11-6-8-12(9-7-11)21-4-2/h6-10,13H,3-5,17H2,1-2H3,(H,18,19,20). The van der Waals surface area contributed by atoms with E-state index in [2.05, 4.69) is 10.3 Å². The largest absolute Gasteiger partial charge is 0.494 e. The molecule has 2 rings (SSSR count). The van der Waals surface area contributed by atoms with Gasteiger partial charge in [-0.2, -0.15) is 0 Å². The molecule has 0 spiro atoms. The third kappa shape index (κ3) is 4.29. The van der Waals surface area contributed by atoms with Crippen LogP contribution >= 0.6 is 11.3 Å². The number of nitrogens with one attached hydrogen (secondary N) is 1. The molecule has 1 amide bonds. The smallest absolute Gasteiger partial charge is 0.243 e. The van der Waals surface area contributed by atoms with Gasteiger partial charge in [0.2, 0.25) is 5.91 Å². The van der Waals surface area contributed by atoms with Crippen LogP contribution in [-0.4, -0.2) is 23.5 Å². The quantitative estimate of drug-likeness (QED) is 0.821. The van der Waals surface area contributed by atoms with E-state index in [1.807, 2.05) is 43.5 Å². The average molecular weight is 319 g/mol. The maximum absolute atomic E-state index is 11.9. The van der Waals surface area contributed by atoms with Gasteiger partial charge in [-0.15, -0.1) is 11.3 Å². The van der Waals surface area contributed by atoms with Crippen LogP contribution in [0.3, 0.4) is 0 Å². The van der Waals surface area contributed by atoms with Gasteiger partial charge in [0.1, 0.15) is 5.75 Å². The predicted molar refractivity (Wildman–Crippen MR) is 90.2 cm³/mol. The maximum atomic E-state index is 11.9. The second kappa shape index (κ2) is 7.91. The number of benzene rings is 1. The van der Waals surface area contributed by atoms with Crippen LogP contribution in [-0.2, 0) is 4.79 Å². The summed E-state index contributed by atoms with van der Waals surface area (Å²) in [6.45, 7) is 4.59. The van der Waals surface area contributed by atoms with E-state index < -0.39 is 6.04 Å². The summed E-state index contributed by atoms with van der Waals surface area (Å²) in [7, 11) is 0. The third-order valence-electron chi connectivity index (χ3n) is 3.13. The maximum Gasteiger partial charge on any atom is 0.243 e. The summed E-state index contributed by atoms with van der Waals surface area (Å²) in [6, 6.07) is 7.24. The molecule has 0 aliphatic carbocycles. The number of hydrogen-bond acceptors (Lipinski definition) is 5. The molecule has 1 atom stereocenters. The van der Waals surface area contributed by atoms with Crippen molar-refractivity contribution in [3.63, 3.8) is 0 Å². The minimum Gasteiger partial charge on any atom is -0.494 e. The minimum atomic E-state index is -0.483. The molecular weight excluding hydrogens is 298 g/mol. The first kappa shape index (κ1) is 16.5. The molecular formula is C16H21N3O2S. The molecule has 22 heavy (non-hydrogen) atoms. The predicted octanol–water partition coefficient (Wildman–Crippen LogP) is 3.27. The molecule has 5 nitrogen and oxygen atoms in total. The number of aromatic nitrogens is 1. The van der Waals surface area contributed by atoms with E-state index in [9.17, 15) is 4.79 Å². The van der Waals surface area contributed by atoms with Crippen LogP contribution in [0.2, 0.25) is 0 Å². The molecule has 1 unspecified atom stereocenters. The van der Waals surface area contributed by atoms with E-state index in [0.29, 0.717) is 18.2 Å². The van der Waals surface area contributed by atoms with Crippen molar-refractivity contribution in [2.24, 2.45) is 5.73 Å². The van der Waals surface area contributed by atoms with Crippen molar-refractivity contribution < 1.29 is 9.53 Å². The van der Waals surface area contributed by atoms with E-state index in [1.165, 1.54) is 11.3 Å². The number of nitrogens with two attached hydrogens (primary N) is 1. The average Bonchev–Trinajstić information content (AvgIpc) is 2.97. The van der Waals surface area contributed by atoms with Crippen molar-refractivity contribution in [1.82, 2.24) is 4.98 Å². The number of ether oxygens (including phenoxy) is 1. The Hall–Kier alpha value is -1.92. The molecule has 0 fully saturated rings. The highest BCUT2D eigenvalue weighted by Crippen LogP contribution is 2.26. The fourth-order valence-electron chi connectivity index (χ4n) is 1.99. The van der Waals surface area contributed by atoms with Crippen molar-refractivity contribution >= 4 is 22.4 Å². The number of nitrogens with zero attached hydrogens (tertiary/aromatic N) is 1. The Morgan fingerprint density at radius 2 is 2.09 bits per heavy atom. The number of rotatable bonds is 7. The van der Waals surface area contributed by atoms with Gasteiger partial charge in [0.05, 0.1) is 18.3 Å². The molecule has 0 saturated carbocycles. The van der Waals surface area contributed by atoms with E-state index in [-0.39, 0.29) is 5.91 Å². The van der Waals surface area contributed by atoms with Gasteiger partial charge in [-0.25, -0.2) is 4.98 Å². The number of hydrogen-bond donors (Lipinski definition) is 2. The Morgan fingerprint density at radius 3 is 2.73 bits per heavy atom. The molecule has 1 aromatic carbocycles. The first-order valence-electron chi connectivity index (χ1n) is 7.39. The Kier molecular flexibility index (Phi) is 5.91. The van der Waals surface area contributed by atoms with E-state index in [0.717, 1.165) is 23.4 Å². The first-order chi connectivity index (χ1) is 10.6. The number of amides is 1. The molecule has 1 heterocycles. The normalized spacial score (nSPS) is 12.0. The monoisotopic (exact) mass is 319 g/mol. The molecule has 2 aromatic rings. The molecule has 0 bridgehead atoms. The van der Waals surface area contributed by atoms with Crippen LogP contribution in [0.15, 0.2) is 29.6 Å². The highest BCUT2D eigenvalue weighted by Gasteiger charge is 2.14. The summed E-state index contributed by atoms with van der Waals surface area (Å²) in [5.41, 5.74) is 7.60. The van der Waals surface area contributed by atoms with Gasteiger partial charge in [-0.1, -0.05) is 13.3 Å². The van der Waals surface area contributed by atoms with Crippen molar-refractivity contribution in [2.75, 3.05) is 11.9 Å². The summed E-state index contributed by atoms with van der Waals surface area (Å²) in [5.74, 6) is 0.648.